The van der Waals surface area contributed by atoms with Gasteiger partial charge in [-0.3, -0.25) is 4.90 Å². The Morgan fingerprint density at radius 2 is 1.68 bits per heavy atom. The summed E-state index contributed by atoms with van der Waals surface area (Å²) in [4.78, 5) is 17.3. The number of fused-ring (bicyclic) bond motifs is 1. The summed E-state index contributed by atoms with van der Waals surface area (Å²) in [6.07, 6.45) is 2.18. The van der Waals surface area contributed by atoms with Gasteiger partial charge in [0.15, 0.2) is 0 Å². The van der Waals surface area contributed by atoms with E-state index in [1.807, 2.05) is 29.2 Å². The fraction of sp³-hybridized carbons (Fsp3) is 0.450. The summed E-state index contributed by atoms with van der Waals surface area (Å²) in [6, 6.07) is 14.9. The van der Waals surface area contributed by atoms with Crippen molar-refractivity contribution < 1.29 is 4.79 Å². The minimum absolute atomic E-state index is 0.0315. The Kier molecular flexibility index (Phi) is 5.13. The lowest BCUT2D eigenvalue weighted by molar-refractivity contribution is 0.130. The third-order valence-electron chi connectivity index (χ3n) is 5.35. The molecule has 2 heterocycles. The molecule has 2 fully saturated rings. The number of rotatable bonds is 2. The van der Waals surface area contributed by atoms with Gasteiger partial charge < -0.3 is 10.2 Å². The molecule has 4 nitrogen and oxygen atoms in total. The molecule has 2 saturated heterocycles. The maximum atomic E-state index is 12.7. The summed E-state index contributed by atoms with van der Waals surface area (Å²) >= 11 is 2.05. The second-order valence-electron chi connectivity index (χ2n) is 6.82. The molecule has 2 aromatic rings. The SMILES string of the molecule is O=C(Nc1cccc2ccccc12)N1CCC(N2CCSCC2)CC1. The molecule has 0 bridgehead atoms. The Morgan fingerprint density at radius 1 is 0.960 bits per heavy atom. The maximum absolute atomic E-state index is 12.7. The fourth-order valence-corrected chi connectivity index (χ4v) is 4.84. The Morgan fingerprint density at radius 3 is 2.48 bits per heavy atom. The molecule has 0 atom stereocenters. The first-order valence-corrected chi connectivity index (χ1v) is 10.3. The summed E-state index contributed by atoms with van der Waals surface area (Å²) < 4.78 is 0. The minimum atomic E-state index is 0.0315. The number of carbonyl (C=O) groups excluding carboxylic acids is 1. The molecule has 0 aliphatic carbocycles. The molecule has 0 unspecified atom stereocenters. The van der Waals surface area contributed by atoms with Crippen LogP contribution in [0.15, 0.2) is 42.5 Å². The van der Waals surface area contributed by atoms with Crippen molar-refractivity contribution >= 4 is 34.3 Å². The van der Waals surface area contributed by atoms with Crippen molar-refractivity contribution in [2.75, 3.05) is 43.0 Å². The van der Waals surface area contributed by atoms with E-state index < -0.39 is 0 Å². The highest BCUT2D eigenvalue weighted by molar-refractivity contribution is 7.99. The number of carbonyl (C=O) groups is 1. The molecule has 1 N–H and O–H groups in total. The smallest absolute Gasteiger partial charge is 0.321 e. The number of hydrogen-bond donors (Lipinski definition) is 1. The number of urea groups is 1. The van der Waals surface area contributed by atoms with Crippen molar-refractivity contribution in [1.82, 2.24) is 9.80 Å². The van der Waals surface area contributed by atoms with Crippen molar-refractivity contribution in [2.24, 2.45) is 0 Å². The number of amides is 2. The number of nitrogens with zero attached hydrogens (tertiary/aromatic N) is 2. The first-order chi connectivity index (χ1) is 12.3. The van der Waals surface area contributed by atoms with Crippen LogP contribution in [0.25, 0.3) is 10.8 Å². The normalized spacial score (nSPS) is 19.9. The third-order valence-corrected chi connectivity index (χ3v) is 6.29. The maximum Gasteiger partial charge on any atom is 0.321 e. The zero-order valence-electron chi connectivity index (χ0n) is 14.5. The molecule has 2 aromatic carbocycles. The number of thioether (sulfide) groups is 1. The van der Waals surface area contributed by atoms with Crippen molar-refractivity contribution in [3.63, 3.8) is 0 Å². The summed E-state index contributed by atoms with van der Waals surface area (Å²) in [5, 5.41) is 5.37. The van der Waals surface area contributed by atoms with Crippen LogP contribution in [0.3, 0.4) is 0 Å². The second kappa shape index (κ2) is 7.67. The predicted molar refractivity (Wildman–Crippen MR) is 106 cm³/mol. The molecule has 0 spiro atoms. The van der Waals surface area contributed by atoms with Crippen LogP contribution in [-0.4, -0.2) is 59.6 Å². The van der Waals surface area contributed by atoms with E-state index >= 15 is 0 Å². The molecular weight excluding hydrogens is 330 g/mol. The van der Waals surface area contributed by atoms with Crippen molar-refractivity contribution in [3.8, 4) is 0 Å². The van der Waals surface area contributed by atoms with Gasteiger partial charge in [-0.1, -0.05) is 36.4 Å². The van der Waals surface area contributed by atoms with E-state index in [-0.39, 0.29) is 6.03 Å². The predicted octanol–water partition coefficient (Wildman–Crippen LogP) is 3.88. The van der Waals surface area contributed by atoms with Crippen molar-refractivity contribution in [3.05, 3.63) is 42.5 Å². The number of benzene rings is 2. The Bertz CT molecular complexity index is 731. The third kappa shape index (κ3) is 3.77. The van der Waals surface area contributed by atoms with Crippen molar-refractivity contribution in [1.29, 1.82) is 0 Å². The first-order valence-electron chi connectivity index (χ1n) is 9.17. The quantitative estimate of drug-likeness (QED) is 0.888. The van der Waals surface area contributed by atoms with E-state index in [2.05, 4.69) is 40.2 Å². The number of hydrogen-bond acceptors (Lipinski definition) is 3. The van der Waals surface area contributed by atoms with Crippen LogP contribution in [-0.2, 0) is 0 Å². The van der Waals surface area contributed by atoms with E-state index in [1.54, 1.807) is 0 Å². The van der Waals surface area contributed by atoms with Crippen LogP contribution in [0.5, 0.6) is 0 Å². The molecular formula is C20H25N3OS. The van der Waals surface area contributed by atoms with Gasteiger partial charge in [0.2, 0.25) is 0 Å². The van der Waals surface area contributed by atoms with Gasteiger partial charge in [0.05, 0.1) is 5.69 Å². The first kappa shape index (κ1) is 16.7. The van der Waals surface area contributed by atoms with Crippen LogP contribution < -0.4 is 5.32 Å². The number of nitrogens with one attached hydrogen (secondary N) is 1. The van der Waals surface area contributed by atoms with Gasteiger partial charge in [-0.25, -0.2) is 4.79 Å². The largest absolute Gasteiger partial charge is 0.324 e. The second-order valence-corrected chi connectivity index (χ2v) is 8.05. The van der Waals surface area contributed by atoms with Gasteiger partial charge in [0.1, 0.15) is 0 Å². The molecule has 4 rings (SSSR count). The van der Waals surface area contributed by atoms with Crippen LogP contribution in [0, 0.1) is 0 Å². The molecule has 132 valence electrons. The van der Waals surface area contributed by atoms with E-state index in [0.29, 0.717) is 6.04 Å². The van der Waals surface area contributed by atoms with Crippen LogP contribution >= 0.6 is 11.8 Å². The standard InChI is InChI=1S/C20H25N3OS/c24-20(21-19-7-3-5-16-4-1-2-6-18(16)19)23-10-8-17(9-11-23)22-12-14-25-15-13-22/h1-7,17H,8-15H2,(H,21,24). The number of likely N-dealkylation sites (tertiary alicyclic amines) is 1. The molecule has 25 heavy (non-hydrogen) atoms. The van der Waals surface area contributed by atoms with E-state index in [0.717, 1.165) is 42.4 Å². The highest BCUT2D eigenvalue weighted by Gasteiger charge is 2.27. The van der Waals surface area contributed by atoms with Gasteiger partial charge in [0.25, 0.3) is 0 Å². The molecule has 2 amide bonds. The van der Waals surface area contributed by atoms with Crippen LogP contribution in [0.2, 0.25) is 0 Å². The van der Waals surface area contributed by atoms with Crippen molar-refractivity contribution in [2.45, 2.75) is 18.9 Å². The molecule has 0 aromatic heterocycles. The molecule has 0 radical (unpaired) electrons. The summed E-state index contributed by atoms with van der Waals surface area (Å²) in [7, 11) is 0. The topological polar surface area (TPSA) is 35.6 Å². The van der Waals surface area contributed by atoms with E-state index in [9.17, 15) is 4.79 Å². The molecule has 5 heteroatoms. The molecule has 2 aliphatic rings. The molecule has 0 saturated carbocycles. The summed E-state index contributed by atoms with van der Waals surface area (Å²) in [5.41, 5.74) is 0.901. The summed E-state index contributed by atoms with van der Waals surface area (Å²) in [6.45, 7) is 4.12. The average Bonchev–Trinajstić information content (AvgIpc) is 2.69. The number of piperidine rings is 1. The Labute approximate surface area is 153 Å². The zero-order chi connectivity index (χ0) is 17.1. The molecule has 2 aliphatic heterocycles. The summed E-state index contributed by atoms with van der Waals surface area (Å²) in [5.74, 6) is 2.50. The minimum Gasteiger partial charge on any atom is -0.324 e. The number of anilines is 1. The highest BCUT2D eigenvalue weighted by atomic mass is 32.2. The Balaban J connectivity index is 1.37. The van der Waals surface area contributed by atoms with Gasteiger partial charge in [-0.05, 0) is 24.3 Å². The van der Waals surface area contributed by atoms with Gasteiger partial charge >= 0.3 is 6.03 Å². The van der Waals surface area contributed by atoms with E-state index in [1.165, 1.54) is 24.6 Å². The Hall–Kier alpha value is -1.72. The monoisotopic (exact) mass is 355 g/mol. The van der Waals surface area contributed by atoms with E-state index in [4.69, 9.17) is 0 Å². The average molecular weight is 356 g/mol. The lowest BCUT2D eigenvalue weighted by Crippen LogP contribution is -2.49. The lowest BCUT2D eigenvalue weighted by Gasteiger charge is -2.40. The highest BCUT2D eigenvalue weighted by Crippen LogP contribution is 2.25. The fourth-order valence-electron chi connectivity index (χ4n) is 3.91. The van der Waals surface area contributed by atoms with Crippen LogP contribution in [0.1, 0.15) is 12.8 Å². The zero-order valence-corrected chi connectivity index (χ0v) is 15.3. The van der Waals surface area contributed by atoms with Gasteiger partial charge in [0, 0.05) is 49.1 Å². The van der Waals surface area contributed by atoms with Crippen LogP contribution in [0.4, 0.5) is 10.5 Å². The van der Waals surface area contributed by atoms with Gasteiger partial charge in [-0.15, -0.1) is 0 Å². The van der Waals surface area contributed by atoms with Gasteiger partial charge in [-0.2, -0.15) is 11.8 Å². The lowest BCUT2D eigenvalue weighted by atomic mass is 10.0.